The second-order valence-corrected chi connectivity index (χ2v) is 5.34. The van der Waals surface area contributed by atoms with E-state index in [4.69, 9.17) is 0 Å². The Balaban J connectivity index is 3.27. The number of carbonyl (C=O) groups is 2. The lowest BCUT2D eigenvalue weighted by Gasteiger charge is -2.26. The molecule has 1 aromatic rings. The van der Waals surface area contributed by atoms with Crippen molar-refractivity contribution in [3.05, 3.63) is 26.9 Å². The largest absolute Gasteiger partial charge is 0.479 e. The van der Waals surface area contributed by atoms with Gasteiger partial charge in [-0.15, -0.1) is 0 Å². The van der Waals surface area contributed by atoms with Gasteiger partial charge in [-0.25, -0.2) is 4.79 Å². The van der Waals surface area contributed by atoms with E-state index in [0.29, 0.717) is 16.7 Å². The van der Waals surface area contributed by atoms with Crippen LogP contribution in [0.5, 0.6) is 0 Å². The van der Waals surface area contributed by atoms with Gasteiger partial charge >= 0.3 is 5.97 Å². The van der Waals surface area contributed by atoms with Crippen molar-refractivity contribution in [2.45, 2.75) is 19.9 Å². The number of carboxylic acids is 1. The van der Waals surface area contributed by atoms with Gasteiger partial charge in [0.25, 0.3) is 0 Å². The summed E-state index contributed by atoms with van der Waals surface area (Å²) in [7, 11) is 0. The number of aliphatic carboxylic acids is 1. The minimum absolute atomic E-state index is 0.302. The van der Waals surface area contributed by atoms with Gasteiger partial charge in [0.2, 0.25) is 5.91 Å². The molecule has 0 fully saturated rings. The zero-order valence-corrected chi connectivity index (χ0v) is 13.0. The molecular formula is C11H12Br2N2O3. The standard InChI is InChI=1S/C11H12Br2N2O3/c1-3-15(6(2)16)10(11(17)18)9-8(13)4-7(12)5-14-9/h4-5,10H,3H2,1-2H3,(H,17,18). The molecule has 7 heteroatoms. The first-order valence-corrected chi connectivity index (χ1v) is 6.78. The maximum absolute atomic E-state index is 11.5. The Kier molecular flexibility index (Phi) is 5.28. The van der Waals surface area contributed by atoms with E-state index in [9.17, 15) is 14.7 Å². The lowest BCUT2D eigenvalue weighted by Crippen LogP contribution is -2.38. The molecule has 0 saturated carbocycles. The molecule has 0 bridgehead atoms. The van der Waals surface area contributed by atoms with E-state index in [2.05, 4.69) is 36.8 Å². The molecule has 5 nitrogen and oxygen atoms in total. The normalized spacial score (nSPS) is 12.0. The first-order valence-electron chi connectivity index (χ1n) is 5.19. The highest BCUT2D eigenvalue weighted by atomic mass is 79.9. The highest BCUT2D eigenvalue weighted by molar-refractivity contribution is 9.11. The molecule has 0 aliphatic carbocycles. The number of carbonyl (C=O) groups excluding carboxylic acids is 1. The summed E-state index contributed by atoms with van der Waals surface area (Å²) in [5, 5.41) is 9.30. The Morgan fingerprint density at radius 3 is 2.50 bits per heavy atom. The number of pyridine rings is 1. The van der Waals surface area contributed by atoms with Crippen LogP contribution in [0, 0.1) is 0 Å². The van der Waals surface area contributed by atoms with Crippen LogP contribution in [0.3, 0.4) is 0 Å². The van der Waals surface area contributed by atoms with E-state index in [1.807, 2.05) is 0 Å². The number of likely N-dealkylation sites (N-methyl/N-ethyl adjacent to an activating group) is 1. The third-order valence-electron chi connectivity index (χ3n) is 2.39. The van der Waals surface area contributed by atoms with Gasteiger partial charge in [-0.1, -0.05) is 0 Å². The molecule has 0 radical (unpaired) electrons. The fourth-order valence-electron chi connectivity index (χ4n) is 1.61. The Labute approximate surface area is 121 Å². The van der Waals surface area contributed by atoms with Crippen LogP contribution < -0.4 is 0 Å². The molecule has 1 unspecified atom stereocenters. The SMILES string of the molecule is CCN(C(C)=O)C(C(=O)O)c1ncc(Br)cc1Br. The number of amides is 1. The first-order chi connectivity index (χ1) is 8.38. The molecule has 1 N–H and O–H groups in total. The van der Waals surface area contributed by atoms with E-state index >= 15 is 0 Å². The molecule has 1 aromatic heterocycles. The summed E-state index contributed by atoms with van der Waals surface area (Å²) in [6, 6.07) is 0.613. The predicted molar refractivity (Wildman–Crippen MR) is 73.1 cm³/mol. The second-order valence-electron chi connectivity index (χ2n) is 3.57. The van der Waals surface area contributed by atoms with Gasteiger partial charge in [-0.3, -0.25) is 9.78 Å². The zero-order chi connectivity index (χ0) is 13.9. The fraction of sp³-hybridized carbons (Fsp3) is 0.364. The maximum Gasteiger partial charge on any atom is 0.332 e. The molecule has 0 spiro atoms. The average Bonchev–Trinajstić information content (AvgIpc) is 2.26. The molecule has 0 aromatic carbocycles. The number of hydrogen-bond acceptors (Lipinski definition) is 3. The van der Waals surface area contributed by atoms with Gasteiger partial charge in [-0.2, -0.15) is 0 Å². The summed E-state index contributed by atoms with van der Waals surface area (Å²) in [5.74, 6) is -1.41. The highest BCUT2D eigenvalue weighted by Crippen LogP contribution is 2.28. The number of carboxylic acid groups (broad SMARTS) is 1. The summed E-state index contributed by atoms with van der Waals surface area (Å²) in [6.07, 6.45) is 1.50. The van der Waals surface area contributed by atoms with Crippen LogP contribution in [0.2, 0.25) is 0 Å². The topological polar surface area (TPSA) is 70.5 Å². The van der Waals surface area contributed by atoms with Gasteiger partial charge < -0.3 is 10.0 Å². The molecule has 98 valence electrons. The third kappa shape index (κ3) is 3.29. The van der Waals surface area contributed by atoms with Crippen molar-refractivity contribution >= 4 is 43.7 Å². The van der Waals surface area contributed by atoms with E-state index < -0.39 is 12.0 Å². The summed E-state index contributed by atoms with van der Waals surface area (Å²) >= 11 is 6.51. The van der Waals surface area contributed by atoms with Crippen LogP contribution in [0.4, 0.5) is 0 Å². The Hall–Kier alpha value is -0.950. The number of aromatic nitrogens is 1. The molecule has 0 saturated heterocycles. The minimum atomic E-state index is -1.11. The Morgan fingerprint density at radius 2 is 2.11 bits per heavy atom. The van der Waals surface area contributed by atoms with Gasteiger partial charge in [-0.05, 0) is 44.8 Å². The van der Waals surface area contributed by atoms with Crippen molar-refractivity contribution in [3.63, 3.8) is 0 Å². The van der Waals surface area contributed by atoms with Crippen molar-refractivity contribution in [1.82, 2.24) is 9.88 Å². The van der Waals surface area contributed by atoms with Gasteiger partial charge in [0, 0.05) is 28.6 Å². The van der Waals surface area contributed by atoms with Crippen LogP contribution >= 0.6 is 31.9 Å². The highest BCUT2D eigenvalue weighted by Gasteiger charge is 2.31. The quantitative estimate of drug-likeness (QED) is 0.872. The van der Waals surface area contributed by atoms with E-state index in [1.165, 1.54) is 18.0 Å². The molecule has 1 heterocycles. The second kappa shape index (κ2) is 6.29. The van der Waals surface area contributed by atoms with Gasteiger partial charge in [0.1, 0.15) is 0 Å². The smallest absolute Gasteiger partial charge is 0.332 e. The van der Waals surface area contributed by atoms with Crippen LogP contribution in [0.25, 0.3) is 0 Å². The molecular weight excluding hydrogens is 368 g/mol. The number of nitrogens with zero attached hydrogens (tertiary/aromatic N) is 2. The summed E-state index contributed by atoms with van der Waals surface area (Å²) in [5.41, 5.74) is 0.308. The molecule has 0 aliphatic heterocycles. The molecule has 0 aliphatic rings. The molecule has 1 amide bonds. The average molecular weight is 380 g/mol. The summed E-state index contributed by atoms with van der Waals surface area (Å²) in [6.45, 7) is 3.37. The molecule has 1 rings (SSSR count). The van der Waals surface area contributed by atoms with Crippen molar-refractivity contribution in [1.29, 1.82) is 0 Å². The lowest BCUT2D eigenvalue weighted by atomic mass is 10.1. The zero-order valence-electron chi connectivity index (χ0n) is 9.85. The van der Waals surface area contributed by atoms with E-state index in [0.717, 1.165) is 4.47 Å². The van der Waals surface area contributed by atoms with Gasteiger partial charge in [0.15, 0.2) is 6.04 Å². The fourth-order valence-corrected chi connectivity index (χ4v) is 2.82. The van der Waals surface area contributed by atoms with Gasteiger partial charge in [0.05, 0.1) is 5.69 Å². The van der Waals surface area contributed by atoms with E-state index in [1.54, 1.807) is 13.0 Å². The van der Waals surface area contributed by atoms with Crippen molar-refractivity contribution in [3.8, 4) is 0 Å². The molecule has 1 atom stereocenters. The lowest BCUT2D eigenvalue weighted by molar-refractivity contribution is -0.149. The number of halogens is 2. The summed E-state index contributed by atoms with van der Waals surface area (Å²) < 4.78 is 1.28. The van der Waals surface area contributed by atoms with Crippen LogP contribution in [0.1, 0.15) is 25.6 Å². The molecule has 18 heavy (non-hydrogen) atoms. The van der Waals surface area contributed by atoms with Crippen LogP contribution in [-0.4, -0.2) is 33.4 Å². The number of hydrogen-bond donors (Lipinski definition) is 1. The summed E-state index contributed by atoms with van der Waals surface area (Å²) in [4.78, 5) is 28.2. The maximum atomic E-state index is 11.5. The minimum Gasteiger partial charge on any atom is -0.479 e. The van der Waals surface area contributed by atoms with Crippen LogP contribution in [0.15, 0.2) is 21.2 Å². The number of rotatable bonds is 4. The first kappa shape index (κ1) is 15.1. The third-order valence-corrected chi connectivity index (χ3v) is 3.45. The van der Waals surface area contributed by atoms with Crippen molar-refractivity contribution in [2.75, 3.05) is 6.54 Å². The Bertz CT molecular complexity index is 479. The van der Waals surface area contributed by atoms with Crippen LogP contribution in [-0.2, 0) is 9.59 Å². The Morgan fingerprint density at radius 1 is 1.50 bits per heavy atom. The van der Waals surface area contributed by atoms with Crippen molar-refractivity contribution < 1.29 is 14.7 Å². The predicted octanol–water partition coefficient (Wildman–Crippen LogP) is 2.60. The van der Waals surface area contributed by atoms with E-state index in [-0.39, 0.29) is 5.91 Å². The monoisotopic (exact) mass is 378 g/mol. The van der Waals surface area contributed by atoms with Crippen molar-refractivity contribution in [2.24, 2.45) is 0 Å².